The van der Waals surface area contributed by atoms with Crippen LogP contribution in [0, 0.1) is 11.3 Å². The molecule has 0 spiro atoms. The van der Waals surface area contributed by atoms with Gasteiger partial charge in [0.25, 0.3) is 0 Å². The molecule has 0 radical (unpaired) electrons. The molecule has 2 unspecified atom stereocenters. The maximum Gasteiger partial charge on any atom is 0.139 e. The molecule has 2 aromatic heterocycles. The predicted molar refractivity (Wildman–Crippen MR) is 118 cm³/mol. The van der Waals surface area contributed by atoms with E-state index >= 15 is 0 Å². The summed E-state index contributed by atoms with van der Waals surface area (Å²) < 4.78 is 1.87. The van der Waals surface area contributed by atoms with Crippen molar-refractivity contribution in [1.82, 2.24) is 25.1 Å². The molecule has 0 bridgehead atoms. The summed E-state index contributed by atoms with van der Waals surface area (Å²) in [7, 11) is 0. The van der Waals surface area contributed by atoms with E-state index in [4.69, 9.17) is 10.4 Å². The van der Waals surface area contributed by atoms with Crippen molar-refractivity contribution in [2.75, 3.05) is 19.8 Å². The Morgan fingerprint density at radius 1 is 1.38 bits per heavy atom. The summed E-state index contributed by atoms with van der Waals surface area (Å²) in [6, 6.07) is 5.87. The van der Waals surface area contributed by atoms with Crippen molar-refractivity contribution in [2.24, 2.45) is 16.0 Å². The van der Waals surface area contributed by atoms with Gasteiger partial charge in [-0.1, -0.05) is 22.0 Å². The Labute approximate surface area is 178 Å². The van der Waals surface area contributed by atoms with Gasteiger partial charge >= 0.3 is 0 Å². The number of aliphatic imine (C=N–C) groups is 1. The highest BCUT2D eigenvalue weighted by atomic mass is 79.9. The number of aromatic nitrogens is 3. The van der Waals surface area contributed by atoms with Crippen LogP contribution in [-0.4, -0.2) is 62.1 Å². The van der Waals surface area contributed by atoms with Crippen LogP contribution in [0.4, 0.5) is 0 Å². The molecule has 29 heavy (non-hydrogen) atoms. The SMILES string of the molecule is N=C1C(Br)C(C2CCCNC2)=NCN1N=CCc1cnn(Cc2ccccn2)c1. The standard InChI is InChI=1S/C20H25BrN8/c21-18-19(16-4-3-7-23-11-16)25-14-29(20(18)22)26-9-6-15-10-27-28(12-15)13-17-5-1-2-8-24-17/h1-2,5,8-10,12,16,18,22-23H,3-4,6-7,11,13-14H2. The number of pyridine rings is 1. The molecular formula is C20H25BrN8. The Kier molecular flexibility index (Phi) is 6.46. The number of halogens is 1. The van der Waals surface area contributed by atoms with E-state index in [2.05, 4.69) is 36.4 Å². The number of nitrogens with zero attached hydrogens (tertiary/aromatic N) is 6. The smallest absolute Gasteiger partial charge is 0.139 e. The first-order valence-corrected chi connectivity index (χ1v) is 10.8. The summed E-state index contributed by atoms with van der Waals surface area (Å²) in [6.45, 7) is 3.07. The van der Waals surface area contributed by atoms with E-state index in [1.54, 1.807) is 11.2 Å². The van der Waals surface area contributed by atoms with E-state index in [9.17, 15) is 0 Å². The second-order valence-corrected chi connectivity index (χ2v) is 8.20. The number of alkyl halides is 1. The molecule has 2 aromatic rings. The van der Waals surface area contributed by atoms with Crippen LogP contribution in [0.3, 0.4) is 0 Å². The Morgan fingerprint density at radius 3 is 3.10 bits per heavy atom. The molecule has 1 fully saturated rings. The number of amidine groups is 1. The number of piperidine rings is 1. The summed E-state index contributed by atoms with van der Waals surface area (Å²) in [5, 5.41) is 22.4. The van der Waals surface area contributed by atoms with Crippen LogP contribution >= 0.6 is 15.9 Å². The minimum atomic E-state index is -0.167. The van der Waals surface area contributed by atoms with Crippen molar-refractivity contribution >= 4 is 33.7 Å². The Morgan fingerprint density at radius 2 is 2.31 bits per heavy atom. The molecular weight excluding hydrogens is 432 g/mol. The molecule has 2 atom stereocenters. The largest absolute Gasteiger partial charge is 0.316 e. The molecule has 152 valence electrons. The van der Waals surface area contributed by atoms with Gasteiger partial charge in [0, 0.05) is 43.2 Å². The van der Waals surface area contributed by atoms with Crippen LogP contribution in [0.25, 0.3) is 0 Å². The van der Waals surface area contributed by atoms with Gasteiger partial charge in [-0.3, -0.25) is 20.1 Å². The fourth-order valence-corrected chi connectivity index (χ4v) is 4.37. The lowest BCUT2D eigenvalue weighted by molar-refractivity contribution is 0.422. The minimum Gasteiger partial charge on any atom is -0.316 e. The molecule has 8 nitrogen and oxygen atoms in total. The highest BCUT2D eigenvalue weighted by Crippen LogP contribution is 2.23. The van der Waals surface area contributed by atoms with Crippen molar-refractivity contribution < 1.29 is 0 Å². The molecule has 0 saturated carbocycles. The van der Waals surface area contributed by atoms with E-state index in [1.807, 2.05) is 41.5 Å². The van der Waals surface area contributed by atoms with Gasteiger partial charge in [-0.05, 0) is 37.1 Å². The number of hydrogen-bond acceptors (Lipinski definition) is 6. The maximum atomic E-state index is 8.45. The van der Waals surface area contributed by atoms with Crippen LogP contribution in [0.1, 0.15) is 24.1 Å². The van der Waals surface area contributed by atoms with Crippen LogP contribution in [0.2, 0.25) is 0 Å². The first-order chi connectivity index (χ1) is 14.2. The Hall–Kier alpha value is -2.39. The fourth-order valence-electron chi connectivity index (χ4n) is 3.62. The molecule has 2 aliphatic rings. The summed E-state index contributed by atoms with van der Waals surface area (Å²) in [5.41, 5.74) is 3.12. The Bertz CT molecular complexity index is 885. The number of nitrogens with one attached hydrogen (secondary N) is 2. The van der Waals surface area contributed by atoms with Crippen molar-refractivity contribution in [3.05, 3.63) is 48.0 Å². The topological polar surface area (TPSA) is 94.5 Å². The van der Waals surface area contributed by atoms with Gasteiger partial charge in [-0.15, -0.1) is 0 Å². The maximum absolute atomic E-state index is 8.45. The number of rotatable bonds is 6. The van der Waals surface area contributed by atoms with E-state index in [1.165, 1.54) is 0 Å². The Balaban J connectivity index is 1.33. The lowest BCUT2D eigenvalue weighted by atomic mass is 9.91. The number of hydrazone groups is 1. The second kappa shape index (κ2) is 9.41. The number of hydrogen-bond donors (Lipinski definition) is 2. The van der Waals surface area contributed by atoms with Crippen LogP contribution in [0.5, 0.6) is 0 Å². The van der Waals surface area contributed by atoms with Gasteiger partial charge in [-0.25, -0.2) is 5.01 Å². The molecule has 4 rings (SSSR count). The zero-order valence-electron chi connectivity index (χ0n) is 16.2. The van der Waals surface area contributed by atoms with E-state index in [-0.39, 0.29) is 4.83 Å². The molecule has 2 N–H and O–H groups in total. The third kappa shape index (κ3) is 4.97. The second-order valence-electron chi connectivity index (χ2n) is 7.28. The van der Waals surface area contributed by atoms with Crippen LogP contribution < -0.4 is 5.32 Å². The molecule has 0 aliphatic carbocycles. The van der Waals surface area contributed by atoms with Crippen molar-refractivity contribution in [2.45, 2.75) is 30.6 Å². The van der Waals surface area contributed by atoms with Gasteiger partial charge in [0.15, 0.2) is 0 Å². The zero-order chi connectivity index (χ0) is 20.1. The summed E-state index contributed by atoms with van der Waals surface area (Å²) in [4.78, 5) is 8.88. The molecule has 0 aromatic carbocycles. The first kappa shape index (κ1) is 19.9. The van der Waals surface area contributed by atoms with Crippen molar-refractivity contribution in [3.8, 4) is 0 Å². The first-order valence-electron chi connectivity index (χ1n) is 9.89. The van der Waals surface area contributed by atoms with E-state index in [0.717, 1.165) is 42.9 Å². The van der Waals surface area contributed by atoms with Crippen LogP contribution in [-0.2, 0) is 13.0 Å². The summed E-state index contributed by atoms with van der Waals surface area (Å²) in [6.07, 6.45) is 10.4. The van der Waals surface area contributed by atoms with Gasteiger partial charge in [0.05, 0.1) is 18.4 Å². The van der Waals surface area contributed by atoms with Gasteiger partial charge < -0.3 is 5.32 Å². The molecule has 4 heterocycles. The minimum absolute atomic E-state index is 0.167. The normalized spacial score (nSPS) is 22.9. The summed E-state index contributed by atoms with van der Waals surface area (Å²) in [5.74, 6) is 0.854. The zero-order valence-corrected chi connectivity index (χ0v) is 17.8. The van der Waals surface area contributed by atoms with Gasteiger partial charge in [0.2, 0.25) is 0 Å². The average molecular weight is 457 g/mol. The lowest BCUT2D eigenvalue weighted by Gasteiger charge is -2.33. The van der Waals surface area contributed by atoms with E-state index in [0.29, 0.717) is 31.4 Å². The lowest BCUT2D eigenvalue weighted by Crippen LogP contribution is -2.47. The third-order valence-corrected chi connectivity index (χ3v) is 6.07. The molecule has 1 saturated heterocycles. The van der Waals surface area contributed by atoms with Gasteiger partial charge in [-0.2, -0.15) is 10.2 Å². The predicted octanol–water partition coefficient (Wildman–Crippen LogP) is 2.31. The van der Waals surface area contributed by atoms with E-state index < -0.39 is 0 Å². The van der Waals surface area contributed by atoms with Crippen LogP contribution in [0.15, 0.2) is 46.9 Å². The monoisotopic (exact) mass is 456 g/mol. The molecule has 2 aliphatic heterocycles. The highest BCUT2D eigenvalue weighted by molar-refractivity contribution is 9.10. The fraction of sp³-hybridized carbons (Fsp3) is 0.450. The van der Waals surface area contributed by atoms with Gasteiger partial charge in [0.1, 0.15) is 17.3 Å². The quantitative estimate of drug-likeness (QED) is 0.514. The van der Waals surface area contributed by atoms with Crippen molar-refractivity contribution in [1.29, 1.82) is 5.41 Å². The summed E-state index contributed by atoms with van der Waals surface area (Å²) >= 11 is 3.65. The van der Waals surface area contributed by atoms with Crippen molar-refractivity contribution in [3.63, 3.8) is 0 Å². The molecule has 0 amide bonds. The average Bonchev–Trinajstić information content (AvgIpc) is 3.20. The molecule has 9 heteroatoms. The third-order valence-electron chi connectivity index (χ3n) is 5.17. The highest BCUT2D eigenvalue weighted by Gasteiger charge is 2.32.